The maximum atomic E-state index is 10.9. The van der Waals surface area contributed by atoms with Crippen LogP contribution in [0.5, 0.6) is 0 Å². The molecular formula is C14H11ClN4O2. The zero-order valence-corrected chi connectivity index (χ0v) is 11.6. The van der Waals surface area contributed by atoms with Crippen molar-refractivity contribution in [2.24, 2.45) is 0 Å². The Morgan fingerprint density at radius 3 is 2.95 bits per heavy atom. The number of anilines is 2. The van der Waals surface area contributed by atoms with E-state index in [-0.39, 0.29) is 5.56 Å². The van der Waals surface area contributed by atoms with Gasteiger partial charge in [-0.05, 0) is 35.9 Å². The second kappa shape index (κ2) is 5.41. The van der Waals surface area contributed by atoms with Gasteiger partial charge >= 0.3 is 5.97 Å². The van der Waals surface area contributed by atoms with Crippen LogP contribution in [0, 0.1) is 0 Å². The minimum atomic E-state index is -0.975. The smallest absolute Gasteiger partial charge is 0.335 e. The van der Waals surface area contributed by atoms with E-state index in [1.807, 2.05) is 12.1 Å². The molecule has 7 heteroatoms. The molecule has 0 aliphatic rings. The van der Waals surface area contributed by atoms with E-state index < -0.39 is 5.97 Å². The highest BCUT2D eigenvalue weighted by Gasteiger charge is 2.08. The average Bonchev–Trinajstić information content (AvgIpc) is 2.88. The molecule has 3 rings (SSSR count). The number of aromatic amines is 1. The van der Waals surface area contributed by atoms with Crippen LogP contribution in [-0.2, 0) is 5.88 Å². The molecule has 0 saturated carbocycles. The van der Waals surface area contributed by atoms with E-state index in [1.165, 1.54) is 6.07 Å². The monoisotopic (exact) mass is 302 g/mol. The first-order valence-corrected chi connectivity index (χ1v) is 6.70. The molecule has 1 aromatic carbocycles. The lowest BCUT2D eigenvalue weighted by Crippen LogP contribution is -1.95. The Balaban J connectivity index is 1.92. The van der Waals surface area contributed by atoms with Crippen LogP contribution in [0.25, 0.3) is 11.0 Å². The number of pyridine rings is 1. The van der Waals surface area contributed by atoms with E-state index in [2.05, 4.69) is 20.3 Å². The number of carbonyl (C=O) groups is 1. The lowest BCUT2D eigenvalue weighted by Gasteiger charge is -2.02. The van der Waals surface area contributed by atoms with Gasteiger partial charge in [-0.2, -0.15) is 0 Å². The number of rotatable bonds is 4. The van der Waals surface area contributed by atoms with Crippen molar-refractivity contribution in [3.63, 3.8) is 0 Å². The van der Waals surface area contributed by atoms with Gasteiger partial charge in [0, 0.05) is 12.1 Å². The van der Waals surface area contributed by atoms with Gasteiger partial charge in [-0.15, -0.1) is 11.6 Å². The Hall–Kier alpha value is -2.60. The molecule has 0 aliphatic carbocycles. The average molecular weight is 303 g/mol. The normalized spacial score (nSPS) is 10.7. The molecule has 0 unspecified atom stereocenters. The van der Waals surface area contributed by atoms with Gasteiger partial charge in [-0.25, -0.2) is 14.8 Å². The number of fused-ring (bicyclic) bond motifs is 1. The topological polar surface area (TPSA) is 90.9 Å². The lowest BCUT2D eigenvalue weighted by molar-refractivity contribution is 0.0697. The van der Waals surface area contributed by atoms with E-state index in [0.29, 0.717) is 28.7 Å². The maximum Gasteiger partial charge on any atom is 0.335 e. The molecule has 0 amide bonds. The van der Waals surface area contributed by atoms with E-state index in [4.69, 9.17) is 16.7 Å². The van der Waals surface area contributed by atoms with Crippen LogP contribution in [0.1, 0.15) is 15.9 Å². The van der Waals surface area contributed by atoms with Gasteiger partial charge < -0.3 is 15.4 Å². The minimum absolute atomic E-state index is 0.208. The number of hydrogen-bond acceptors (Lipinski definition) is 4. The molecule has 0 bridgehead atoms. The SMILES string of the molecule is O=C(O)c1ccc2nc(Nc3cc(CCl)ccn3)[nH]c2c1. The fourth-order valence-electron chi connectivity index (χ4n) is 1.95. The second-order valence-corrected chi connectivity index (χ2v) is 4.70. The zero-order valence-electron chi connectivity index (χ0n) is 10.8. The highest BCUT2D eigenvalue weighted by Crippen LogP contribution is 2.19. The molecule has 0 atom stereocenters. The molecule has 6 nitrogen and oxygen atoms in total. The Morgan fingerprint density at radius 1 is 1.33 bits per heavy atom. The van der Waals surface area contributed by atoms with E-state index in [0.717, 1.165) is 5.56 Å². The number of alkyl halides is 1. The first kappa shape index (κ1) is 13.4. The standard InChI is InChI=1S/C14H11ClN4O2/c15-7-8-3-4-16-12(5-8)19-14-17-10-2-1-9(13(20)21)6-11(10)18-14/h1-6H,7H2,(H,20,21)(H2,16,17,18,19). The summed E-state index contributed by atoms with van der Waals surface area (Å²) < 4.78 is 0. The fourth-order valence-corrected chi connectivity index (χ4v) is 2.12. The number of aromatic nitrogens is 3. The highest BCUT2D eigenvalue weighted by atomic mass is 35.5. The molecule has 0 fully saturated rings. The molecular weight excluding hydrogens is 292 g/mol. The Morgan fingerprint density at radius 2 is 2.19 bits per heavy atom. The van der Waals surface area contributed by atoms with Crippen molar-refractivity contribution in [3.05, 3.63) is 47.7 Å². The summed E-state index contributed by atoms with van der Waals surface area (Å²) in [5, 5.41) is 12.0. The molecule has 0 radical (unpaired) electrons. The molecule has 3 N–H and O–H groups in total. The van der Waals surface area contributed by atoms with Crippen molar-refractivity contribution in [1.82, 2.24) is 15.0 Å². The summed E-state index contributed by atoms with van der Waals surface area (Å²) >= 11 is 5.78. The third-order valence-corrected chi connectivity index (χ3v) is 3.26. The predicted octanol–water partition coefficient (Wildman–Crippen LogP) is 3.14. The van der Waals surface area contributed by atoms with Crippen molar-refractivity contribution in [2.45, 2.75) is 5.88 Å². The van der Waals surface area contributed by atoms with E-state index in [1.54, 1.807) is 18.3 Å². The number of carboxylic acids is 1. The van der Waals surface area contributed by atoms with E-state index >= 15 is 0 Å². The van der Waals surface area contributed by atoms with Gasteiger partial charge in [0.1, 0.15) is 5.82 Å². The number of nitrogens with zero attached hydrogens (tertiary/aromatic N) is 2. The number of halogens is 1. The number of nitrogens with one attached hydrogen (secondary N) is 2. The van der Waals surface area contributed by atoms with Gasteiger partial charge in [0.05, 0.1) is 16.6 Å². The first-order chi connectivity index (χ1) is 10.2. The Bertz CT molecular complexity index is 816. The molecule has 106 valence electrons. The summed E-state index contributed by atoms with van der Waals surface area (Å²) in [6.07, 6.45) is 1.66. The number of benzene rings is 1. The highest BCUT2D eigenvalue weighted by molar-refractivity contribution is 6.17. The molecule has 3 aromatic rings. The number of imidazole rings is 1. The van der Waals surface area contributed by atoms with Gasteiger partial charge in [-0.1, -0.05) is 0 Å². The number of aromatic carboxylic acids is 1. The minimum Gasteiger partial charge on any atom is -0.478 e. The molecule has 0 spiro atoms. The van der Waals surface area contributed by atoms with Crippen molar-refractivity contribution < 1.29 is 9.90 Å². The van der Waals surface area contributed by atoms with Crippen molar-refractivity contribution in [2.75, 3.05) is 5.32 Å². The first-order valence-electron chi connectivity index (χ1n) is 6.16. The van der Waals surface area contributed by atoms with Crippen LogP contribution in [0.4, 0.5) is 11.8 Å². The zero-order chi connectivity index (χ0) is 14.8. The van der Waals surface area contributed by atoms with Crippen LogP contribution in [0.2, 0.25) is 0 Å². The van der Waals surface area contributed by atoms with Crippen molar-refractivity contribution >= 4 is 40.4 Å². The number of carboxylic acid groups (broad SMARTS) is 1. The van der Waals surface area contributed by atoms with E-state index in [9.17, 15) is 4.79 Å². The van der Waals surface area contributed by atoms with Gasteiger partial charge in [0.2, 0.25) is 5.95 Å². The van der Waals surface area contributed by atoms with Crippen LogP contribution >= 0.6 is 11.6 Å². The van der Waals surface area contributed by atoms with Gasteiger partial charge in [0.15, 0.2) is 0 Å². The van der Waals surface area contributed by atoms with Crippen LogP contribution in [0.3, 0.4) is 0 Å². The molecule has 2 aromatic heterocycles. The fraction of sp³-hybridized carbons (Fsp3) is 0.0714. The largest absolute Gasteiger partial charge is 0.478 e. The van der Waals surface area contributed by atoms with Crippen molar-refractivity contribution in [1.29, 1.82) is 0 Å². The Labute approximate surface area is 124 Å². The molecule has 2 heterocycles. The summed E-state index contributed by atoms with van der Waals surface area (Å²) in [6, 6.07) is 8.36. The summed E-state index contributed by atoms with van der Waals surface area (Å²) in [5.74, 6) is 0.536. The second-order valence-electron chi connectivity index (χ2n) is 4.43. The van der Waals surface area contributed by atoms with Crippen LogP contribution < -0.4 is 5.32 Å². The molecule has 21 heavy (non-hydrogen) atoms. The summed E-state index contributed by atoms with van der Waals surface area (Å²) in [6.45, 7) is 0. The van der Waals surface area contributed by atoms with Crippen LogP contribution in [0.15, 0.2) is 36.5 Å². The quantitative estimate of drug-likeness (QED) is 0.644. The lowest BCUT2D eigenvalue weighted by atomic mass is 10.2. The van der Waals surface area contributed by atoms with Gasteiger partial charge in [-0.3, -0.25) is 0 Å². The summed E-state index contributed by atoms with van der Waals surface area (Å²) in [7, 11) is 0. The van der Waals surface area contributed by atoms with Gasteiger partial charge in [0.25, 0.3) is 0 Å². The summed E-state index contributed by atoms with van der Waals surface area (Å²) in [5.41, 5.74) is 2.47. The van der Waals surface area contributed by atoms with Crippen LogP contribution in [-0.4, -0.2) is 26.0 Å². The van der Waals surface area contributed by atoms with Crippen molar-refractivity contribution in [3.8, 4) is 0 Å². The maximum absolute atomic E-state index is 10.9. The molecule has 0 saturated heterocycles. The number of hydrogen-bond donors (Lipinski definition) is 3. The third kappa shape index (κ3) is 2.80. The Kier molecular flexibility index (Phi) is 3.45. The predicted molar refractivity (Wildman–Crippen MR) is 80.1 cm³/mol. The number of H-pyrrole nitrogens is 1. The third-order valence-electron chi connectivity index (χ3n) is 2.95. The summed E-state index contributed by atoms with van der Waals surface area (Å²) in [4.78, 5) is 22.5. The molecule has 0 aliphatic heterocycles.